The number of benzene rings is 8. The zero-order chi connectivity index (χ0) is 75.1. The Balaban J connectivity index is 0.000000169. The van der Waals surface area contributed by atoms with Crippen LogP contribution in [-0.4, -0.2) is 80.8 Å². The third kappa shape index (κ3) is 20.3. The number of amides is 5. The van der Waals surface area contributed by atoms with Gasteiger partial charge in [-0.15, -0.1) is 0 Å². The molecule has 12 rings (SSSR count). The molecule has 3 saturated heterocycles. The van der Waals surface area contributed by atoms with Crippen molar-refractivity contribution in [2.75, 3.05) is 47.5 Å². The molecule has 28 heteroatoms. The van der Waals surface area contributed by atoms with Crippen LogP contribution in [0.25, 0.3) is 0 Å². The standard InChI is InChI=1S/C28H25Cl2N3O4.C27H23Cl2N3O4.C22H21ClN4O4S/c29-23-11-10-18(13-25(23)37-28-19(16-31)5-3-8-24(28)30)20-14-27(35)33(17-20)21-6-4-7-22(15-21)36-12-2-1-9-26(32)34;28-22-10-9-17(12-24(22)36-27-18(15-30)4-1-7-23(27)29)19-13-26(34)32(16-19)20-5-2-6-21(14-20)35-11-3-8-25(31)33;1-13-11-25-14(2)22(26-13)31-20-10-16(23)3-8-19(20)15-9-21(28)27(12-15)17-4-6-18(7-5-17)32(24,29)30/h3-8,10-11,13,15,20H,1-2,9,12,14,17H2,(H2,32,34);1-2,4-7,9-10,12,14,19H,3,8,11,13,16H2,(H2,31,33);3-8,10-11,15H,9,12H2,1-2H3,(H2,24,29,30)/t20-;19-;/m00./s1. The molecule has 1 aromatic heterocycles. The van der Waals surface area contributed by atoms with E-state index in [0.29, 0.717) is 154 Å². The largest absolute Gasteiger partial charge is 0.494 e. The molecule has 3 atom stereocenters. The number of sulfonamides is 1. The van der Waals surface area contributed by atoms with E-state index in [9.17, 15) is 42.9 Å². The number of carbonyl (C=O) groups is 5. The first-order valence-electron chi connectivity index (χ1n) is 33.0. The van der Waals surface area contributed by atoms with E-state index in [-0.39, 0.29) is 76.5 Å². The van der Waals surface area contributed by atoms with Crippen LogP contribution in [0, 0.1) is 36.5 Å². The van der Waals surface area contributed by atoms with Gasteiger partial charge in [-0.3, -0.25) is 29.0 Å². The fourth-order valence-corrected chi connectivity index (χ4v) is 13.2. The van der Waals surface area contributed by atoms with Gasteiger partial charge in [0.15, 0.2) is 11.5 Å². The van der Waals surface area contributed by atoms with Crippen LogP contribution in [0.1, 0.15) is 108 Å². The van der Waals surface area contributed by atoms with Gasteiger partial charge in [-0.05, 0) is 153 Å². The summed E-state index contributed by atoms with van der Waals surface area (Å²) in [5.41, 5.74) is 17.0. The lowest BCUT2D eigenvalue weighted by atomic mass is 9.97. The number of nitrogens with zero attached hydrogens (tertiary/aromatic N) is 7. The number of primary amides is 2. The molecule has 0 aliphatic carbocycles. The van der Waals surface area contributed by atoms with Crippen LogP contribution in [0.5, 0.6) is 46.1 Å². The Labute approximate surface area is 631 Å². The maximum atomic E-state index is 12.9. The van der Waals surface area contributed by atoms with Gasteiger partial charge >= 0.3 is 0 Å². The van der Waals surface area contributed by atoms with Gasteiger partial charge in [0.2, 0.25) is 45.4 Å². The van der Waals surface area contributed by atoms with E-state index in [2.05, 4.69) is 22.1 Å². The number of aryl methyl sites for hydroxylation is 2. The van der Waals surface area contributed by atoms with Crippen LogP contribution in [0.4, 0.5) is 17.1 Å². The van der Waals surface area contributed by atoms with Gasteiger partial charge in [-0.25, -0.2) is 18.5 Å². The highest BCUT2D eigenvalue weighted by Crippen LogP contribution is 2.44. The first kappa shape index (κ1) is 77.2. The summed E-state index contributed by atoms with van der Waals surface area (Å²) < 4.78 is 52.5. The molecule has 540 valence electrons. The third-order valence-electron chi connectivity index (χ3n) is 17.1. The number of hydrogen-bond acceptors (Lipinski definition) is 16. The van der Waals surface area contributed by atoms with E-state index in [4.69, 9.17) is 98.3 Å². The lowest BCUT2D eigenvalue weighted by Crippen LogP contribution is -2.24. The molecule has 0 radical (unpaired) electrons. The average Bonchev–Trinajstić information content (AvgIpc) is 1.69. The van der Waals surface area contributed by atoms with Crippen molar-refractivity contribution >= 4 is 115 Å². The Hall–Kier alpha value is -10.5. The van der Waals surface area contributed by atoms with Crippen LogP contribution in [-0.2, 0) is 34.0 Å². The molecule has 0 saturated carbocycles. The second-order valence-corrected chi connectivity index (χ2v) is 28.3. The molecule has 6 N–H and O–H groups in total. The maximum absolute atomic E-state index is 12.9. The summed E-state index contributed by atoms with van der Waals surface area (Å²) >= 11 is 31.5. The average molecular weight is 1540 g/mol. The van der Waals surface area contributed by atoms with Crippen LogP contribution < -0.4 is 55.0 Å². The zero-order valence-electron chi connectivity index (χ0n) is 56.6. The molecular formula is C77H69Cl5N10O12S. The number of carbonyl (C=O) groups excluding carboxylic acids is 5. The van der Waals surface area contributed by atoms with E-state index in [0.717, 1.165) is 33.8 Å². The molecule has 3 aliphatic heterocycles. The summed E-state index contributed by atoms with van der Waals surface area (Å²) in [6.45, 7) is 5.81. The molecule has 0 bridgehead atoms. The van der Waals surface area contributed by atoms with E-state index in [1.165, 1.54) is 12.1 Å². The number of anilines is 3. The summed E-state index contributed by atoms with van der Waals surface area (Å²) in [4.78, 5) is 74.1. The van der Waals surface area contributed by atoms with Crippen molar-refractivity contribution in [3.8, 4) is 58.3 Å². The Bertz CT molecular complexity index is 4960. The molecule has 5 amide bonds. The van der Waals surface area contributed by atoms with E-state index < -0.39 is 10.0 Å². The van der Waals surface area contributed by atoms with Crippen LogP contribution >= 0.6 is 58.0 Å². The predicted molar refractivity (Wildman–Crippen MR) is 401 cm³/mol. The normalized spacial score (nSPS) is 15.4. The molecule has 3 fully saturated rings. The number of halogens is 5. The number of nitrogens with two attached hydrogens (primary N) is 3. The minimum absolute atomic E-state index is 0.00102. The number of unbranched alkanes of at least 4 members (excludes halogenated alkanes) is 1. The van der Waals surface area contributed by atoms with Crippen LogP contribution in [0.15, 0.2) is 175 Å². The Morgan fingerprint density at radius 1 is 0.533 bits per heavy atom. The minimum atomic E-state index is -3.80. The smallest absolute Gasteiger partial charge is 0.241 e. The fraction of sp³-hybridized carbons (Fsp3) is 0.234. The number of hydrogen-bond donors (Lipinski definition) is 3. The molecule has 9 aromatic rings. The minimum Gasteiger partial charge on any atom is -0.494 e. The predicted octanol–water partition coefficient (Wildman–Crippen LogP) is 15.7. The molecule has 1 unspecified atom stereocenters. The first-order valence-corrected chi connectivity index (χ1v) is 36.4. The van der Waals surface area contributed by atoms with Gasteiger partial charge in [0, 0.05) is 115 Å². The molecule has 105 heavy (non-hydrogen) atoms. The van der Waals surface area contributed by atoms with E-state index in [1.54, 1.807) is 119 Å². The van der Waals surface area contributed by atoms with E-state index >= 15 is 0 Å². The van der Waals surface area contributed by atoms with Crippen molar-refractivity contribution in [2.24, 2.45) is 16.6 Å². The quantitative estimate of drug-likeness (QED) is 0.0473. The van der Waals surface area contributed by atoms with Crippen molar-refractivity contribution < 1.29 is 56.1 Å². The number of aromatic nitrogens is 2. The second-order valence-electron chi connectivity index (χ2n) is 24.7. The molecule has 4 heterocycles. The van der Waals surface area contributed by atoms with Gasteiger partial charge in [-0.2, -0.15) is 10.5 Å². The number of nitriles is 2. The van der Waals surface area contributed by atoms with Crippen molar-refractivity contribution in [1.29, 1.82) is 10.5 Å². The molecule has 22 nitrogen and oxygen atoms in total. The molecular weight excluding hydrogens is 1470 g/mol. The van der Waals surface area contributed by atoms with Gasteiger partial charge in [0.25, 0.3) is 0 Å². The molecule has 8 aromatic carbocycles. The highest BCUT2D eigenvalue weighted by molar-refractivity contribution is 7.89. The van der Waals surface area contributed by atoms with Gasteiger partial charge < -0.3 is 49.9 Å². The second kappa shape index (κ2) is 35.3. The number of para-hydroxylation sites is 2. The van der Waals surface area contributed by atoms with Gasteiger partial charge in [0.1, 0.15) is 40.9 Å². The lowest BCUT2D eigenvalue weighted by molar-refractivity contribution is -0.119. The Morgan fingerprint density at radius 3 is 1.51 bits per heavy atom. The summed E-state index contributed by atoms with van der Waals surface area (Å²) in [7, 11) is -3.80. The summed E-state index contributed by atoms with van der Waals surface area (Å²) in [5.74, 6) is 2.27. The SMILES string of the molecule is Cc1cnc(C)c(Oc2cc(Cl)ccc2C2CC(=O)N(c3ccc(S(N)(=O)=O)cc3)C2)n1.N#Cc1cccc(Cl)c1Oc1cc([C@H]2CC(=O)N(c3cccc(OCCCC(N)=O)c3)C2)ccc1Cl.N#Cc1cccc(Cl)c1Oc1cc([C@H]2CC(=O)N(c3cccc(OCCCCC(N)=O)c3)C2)ccc1Cl. The van der Waals surface area contributed by atoms with E-state index in [1.807, 2.05) is 67.6 Å². The highest BCUT2D eigenvalue weighted by Gasteiger charge is 2.36. The van der Waals surface area contributed by atoms with Gasteiger partial charge in [0.05, 0.1) is 60.7 Å². The number of primary sulfonamides is 1. The Kier molecular flexibility index (Phi) is 26.0. The number of rotatable bonds is 24. The topological polar surface area (TPSA) is 327 Å². The maximum Gasteiger partial charge on any atom is 0.241 e. The van der Waals surface area contributed by atoms with Crippen molar-refractivity contribution in [1.82, 2.24) is 9.97 Å². The Morgan fingerprint density at radius 2 is 1.01 bits per heavy atom. The summed E-state index contributed by atoms with van der Waals surface area (Å²) in [5, 5.41) is 25.8. The van der Waals surface area contributed by atoms with Crippen LogP contribution in [0.2, 0.25) is 25.1 Å². The van der Waals surface area contributed by atoms with Crippen LogP contribution in [0.3, 0.4) is 0 Å². The van der Waals surface area contributed by atoms with Crippen molar-refractivity contribution in [3.05, 3.63) is 234 Å². The number of ether oxygens (including phenoxy) is 5. The molecule has 0 spiro atoms. The highest BCUT2D eigenvalue weighted by atomic mass is 35.5. The fourth-order valence-electron chi connectivity index (χ4n) is 11.8. The monoisotopic (exact) mass is 1530 g/mol. The van der Waals surface area contributed by atoms with Crippen molar-refractivity contribution in [3.63, 3.8) is 0 Å². The summed E-state index contributed by atoms with van der Waals surface area (Å²) in [6, 6.07) is 50.7. The van der Waals surface area contributed by atoms with Gasteiger partial charge in [-0.1, -0.05) is 100 Å². The third-order valence-corrected chi connectivity index (χ3v) is 19.5. The zero-order valence-corrected chi connectivity index (χ0v) is 61.2. The summed E-state index contributed by atoms with van der Waals surface area (Å²) in [6.07, 6.45) is 5.08. The molecule has 3 aliphatic rings. The van der Waals surface area contributed by atoms with Crippen molar-refractivity contribution in [2.45, 2.75) is 87.9 Å². The lowest BCUT2D eigenvalue weighted by Gasteiger charge is -2.19. The first-order chi connectivity index (χ1) is 50.3.